The van der Waals surface area contributed by atoms with Gasteiger partial charge in [0, 0.05) is 21.2 Å². The molecule has 1 aromatic carbocycles. The average molecular weight is 391 g/mol. The molecule has 5 heteroatoms. The third kappa shape index (κ3) is 2.90. The fraction of sp³-hybridized carbons (Fsp3) is 0.500. The van der Waals surface area contributed by atoms with Crippen LogP contribution < -0.4 is 5.32 Å². The maximum absolute atomic E-state index is 12.4. The van der Waals surface area contributed by atoms with Crippen molar-refractivity contribution in [1.82, 2.24) is 10.2 Å². The largest absolute Gasteiger partial charge is 0.348 e. The molecule has 19 heavy (non-hydrogen) atoms. The Balaban J connectivity index is 1.73. The number of carbonyl (C=O) groups is 1. The second-order valence-corrected chi connectivity index (χ2v) is 6.94. The Kier molecular flexibility index (Phi) is 4.01. The van der Waals surface area contributed by atoms with Crippen molar-refractivity contribution >= 4 is 40.1 Å². The molecule has 1 aromatic rings. The molecule has 4 rings (SSSR count). The standard InChI is InChI=1S/C14H16ClIN2O/c15-10-1-2-12(16)11(7-10)14(19)17-13-8-18-5-3-9(13)4-6-18/h1-2,7,9,13H,3-6,8H2,(H,17,19). The molecule has 1 unspecified atom stereocenters. The predicted octanol–water partition coefficient (Wildman–Crippen LogP) is 2.77. The van der Waals surface area contributed by atoms with E-state index in [4.69, 9.17) is 11.6 Å². The molecule has 0 radical (unpaired) electrons. The molecule has 3 aliphatic rings. The Hall–Kier alpha value is -0.330. The molecule has 1 atom stereocenters. The molecule has 3 heterocycles. The summed E-state index contributed by atoms with van der Waals surface area (Å²) in [4.78, 5) is 14.8. The molecular weight excluding hydrogens is 375 g/mol. The van der Waals surface area contributed by atoms with Gasteiger partial charge in [-0.3, -0.25) is 4.79 Å². The first-order valence-electron chi connectivity index (χ1n) is 6.62. The van der Waals surface area contributed by atoms with Gasteiger partial charge in [0.2, 0.25) is 0 Å². The van der Waals surface area contributed by atoms with Crippen LogP contribution in [0.3, 0.4) is 0 Å². The van der Waals surface area contributed by atoms with E-state index in [-0.39, 0.29) is 5.91 Å². The third-order valence-corrected chi connectivity index (χ3v) is 5.32. The summed E-state index contributed by atoms with van der Waals surface area (Å²) in [6.07, 6.45) is 2.41. The van der Waals surface area contributed by atoms with Gasteiger partial charge in [0.05, 0.1) is 5.56 Å². The molecule has 3 aliphatic heterocycles. The maximum Gasteiger partial charge on any atom is 0.252 e. The number of amides is 1. The highest BCUT2D eigenvalue weighted by Crippen LogP contribution is 2.28. The topological polar surface area (TPSA) is 32.3 Å². The van der Waals surface area contributed by atoms with Gasteiger partial charge in [0.25, 0.3) is 5.91 Å². The van der Waals surface area contributed by atoms with Crippen LogP contribution in [0, 0.1) is 9.49 Å². The quantitative estimate of drug-likeness (QED) is 0.788. The lowest BCUT2D eigenvalue weighted by atomic mass is 9.84. The first kappa shape index (κ1) is 13.6. The Morgan fingerprint density at radius 1 is 1.37 bits per heavy atom. The molecule has 1 amide bonds. The van der Waals surface area contributed by atoms with E-state index in [0.29, 0.717) is 22.5 Å². The number of rotatable bonds is 2. The first-order valence-corrected chi connectivity index (χ1v) is 8.07. The number of nitrogens with zero attached hydrogens (tertiary/aromatic N) is 1. The average Bonchev–Trinajstić information content (AvgIpc) is 2.43. The maximum atomic E-state index is 12.4. The van der Waals surface area contributed by atoms with Gasteiger partial charge in [-0.25, -0.2) is 0 Å². The lowest BCUT2D eigenvalue weighted by molar-refractivity contribution is 0.0620. The number of piperidine rings is 3. The zero-order valence-corrected chi connectivity index (χ0v) is 13.4. The Labute approximate surface area is 131 Å². The molecule has 0 aromatic heterocycles. The van der Waals surface area contributed by atoms with Crippen molar-refractivity contribution < 1.29 is 4.79 Å². The number of nitrogens with one attached hydrogen (secondary N) is 1. The first-order chi connectivity index (χ1) is 9.13. The van der Waals surface area contributed by atoms with Crippen LogP contribution in [0.2, 0.25) is 5.02 Å². The van der Waals surface area contributed by atoms with Gasteiger partial charge in [-0.15, -0.1) is 0 Å². The highest BCUT2D eigenvalue weighted by Gasteiger charge is 2.35. The summed E-state index contributed by atoms with van der Waals surface area (Å²) in [6, 6.07) is 5.74. The lowest BCUT2D eigenvalue weighted by Crippen LogP contribution is -2.57. The minimum absolute atomic E-state index is 0.00523. The van der Waals surface area contributed by atoms with Crippen molar-refractivity contribution in [3.8, 4) is 0 Å². The van der Waals surface area contributed by atoms with Gasteiger partial charge in [-0.2, -0.15) is 0 Å². The summed E-state index contributed by atoms with van der Waals surface area (Å²) in [6.45, 7) is 3.37. The van der Waals surface area contributed by atoms with Crippen LogP contribution in [0.25, 0.3) is 0 Å². The van der Waals surface area contributed by atoms with Crippen LogP contribution in [-0.2, 0) is 0 Å². The van der Waals surface area contributed by atoms with Gasteiger partial charge in [0.1, 0.15) is 0 Å². The van der Waals surface area contributed by atoms with Crippen molar-refractivity contribution in [2.75, 3.05) is 19.6 Å². The summed E-state index contributed by atoms with van der Waals surface area (Å²) < 4.78 is 0.945. The van der Waals surface area contributed by atoms with E-state index < -0.39 is 0 Å². The summed E-state index contributed by atoms with van der Waals surface area (Å²) >= 11 is 8.16. The zero-order chi connectivity index (χ0) is 13.4. The predicted molar refractivity (Wildman–Crippen MR) is 84.6 cm³/mol. The van der Waals surface area contributed by atoms with Crippen LogP contribution in [0.15, 0.2) is 18.2 Å². The van der Waals surface area contributed by atoms with Crippen LogP contribution in [0.4, 0.5) is 0 Å². The van der Waals surface area contributed by atoms with Crippen LogP contribution in [-0.4, -0.2) is 36.5 Å². The fourth-order valence-electron chi connectivity index (χ4n) is 3.05. The number of hydrogen-bond donors (Lipinski definition) is 1. The Morgan fingerprint density at radius 2 is 2.11 bits per heavy atom. The fourth-order valence-corrected chi connectivity index (χ4v) is 3.80. The number of fused-ring (bicyclic) bond motifs is 3. The molecular formula is C14H16ClIN2O. The molecule has 3 saturated heterocycles. The van der Waals surface area contributed by atoms with Crippen molar-refractivity contribution in [2.24, 2.45) is 5.92 Å². The SMILES string of the molecule is O=C(NC1CN2CCC1CC2)c1cc(Cl)ccc1I. The summed E-state index contributed by atoms with van der Waals surface area (Å²) in [7, 11) is 0. The Morgan fingerprint density at radius 3 is 2.74 bits per heavy atom. The molecule has 3 nitrogen and oxygen atoms in total. The third-order valence-electron chi connectivity index (χ3n) is 4.15. The van der Waals surface area contributed by atoms with E-state index in [1.165, 1.54) is 25.9 Å². The molecule has 2 bridgehead atoms. The van der Waals surface area contributed by atoms with Crippen LogP contribution in [0.1, 0.15) is 23.2 Å². The van der Waals surface area contributed by atoms with Crippen LogP contribution in [0.5, 0.6) is 0 Å². The number of hydrogen-bond acceptors (Lipinski definition) is 2. The highest BCUT2D eigenvalue weighted by molar-refractivity contribution is 14.1. The summed E-state index contributed by atoms with van der Waals surface area (Å²) in [5.74, 6) is 0.649. The minimum atomic E-state index is 0.00523. The second-order valence-electron chi connectivity index (χ2n) is 5.34. The van der Waals surface area contributed by atoms with Gasteiger partial charge in [-0.1, -0.05) is 11.6 Å². The molecule has 3 fully saturated rings. The van der Waals surface area contributed by atoms with Crippen molar-refractivity contribution in [1.29, 1.82) is 0 Å². The Bertz CT molecular complexity index is 500. The van der Waals surface area contributed by atoms with Gasteiger partial charge in [0.15, 0.2) is 0 Å². The zero-order valence-electron chi connectivity index (χ0n) is 10.5. The monoisotopic (exact) mass is 390 g/mol. The van der Waals surface area contributed by atoms with E-state index in [9.17, 15) is 4.79 Å². The van der Waals surface area contributed by atoms with Crippen molar-refractivity contribution in [3.05, 3.63) is 32.4 Å². The number of benzene rings is 1. The minimum Gasteiger partial charge on any atom is -0.348 e. The number of carbonyl (C=O) groups excluding carboxylic acids is 1. The normalized spacial score (nSPS) is 29.3. The molecule has 0 aliphatic carbocycles. The number of halogens is 2. The summed E-state index contributed by atoms with van der Waals surface area (Å²) in [5.41, 5.74) is 0.685. The molecule has 0 spiro atoms. The van der Waals surface area contributed by atoms with E-state index in [1.807, 2.05) is 12.1 Å². The molecule has 0 saturated carbocycles. The summed E-state index contributed by atoms with van der Waals surface area (Å²) in [5, 5.41) is 3.80. The van der Waals surface area contributed by atoms with E-state index in [0.717, 1.165) is 10.1 Å². The van der Waals surface area contributed by atoms with Crippen LogP contribution >= 0.6 is 34.2 Å². The van der Waals surface area contributed by atoms with Gasteiger partial charge >= 0.3 is 0 Å². The smallest absolute Gasteiger partial charge is 0.252 e. The van der Waals surface area contributed by atoms with Gasteiger partial charge in [-0.05, 0) is 72.6 Å². The van der Waals surface area contributed by atoms with E-state index >= 15 is 0 Å². The van der Waals surface area contributed by atoms with Gasteiger partial charge < -0.3 is 10.2 Å². The van der Waals surface area contributed by atoms with E-state index in [2.05, 4.69) is 32.8 Å². The van der Waals surface area contributed by atoms with E-state index in [1.54, 1.807) is 6.07 Å². The second kappa shape index (κ2) is 5.58. The van der Waals surface area contributed by atoms with Crippen molar-refractivity contribution in [3.63, 3.8) is 0 Å². The lowest BCUT2D eigenvalue weighted by Gasteiger charge is -2.44. The molecule has 1 N–H and O–H groups in total. The highest BCUT2D eigenvalue weighted by atomic mass is 127. The molecule has 102 valence electrons. The van der Waals surface area contributed by atoms with Crippen molar-refractivity contribution in [2.45, 2.75) is 18.9 Å².